The van der Waals surface area contributed by atoms with Crippen molar-refractivity contribution in [3.63, 3.8) is 0 Å². The second kappa shape index (κ2) is 8.39. The molecule has 1 aliphatic heterocycles. The van der Waals surface area contributed by atoms with Crippen molar-refractivity contribution in [2.75, 3.05) is 20.2 Å². The maximum Gasteiger partial charge on any atom is 0.238 e. The average Bonchev–Trinajstić information content (AvgIpc) is 3.13. The highest BCUT2D eigenvalue weighted by atomic mass is 16.5. The summed E-state index contributed by atoms with van der Waals surface area (Å²) in [6, 6.07) is 7.55. The number of aromatic nitrogens is 4. The van der Waals surface area contributed by atoms with Gasteiger partial charge in [0.1, 0.15) is 0 Å². The Morgan fingerprint density at radius 1 is 1.11 bits per heavy atom. The van der Waals surface area contributed by atoms with Crippen LogP contribution in [-0.4, -0.2) is 44.6 Å². The molecule has 0 unspecified atom stereocenters. The zero-order chi connectivity index (χ0) is 19.3. The Kier molecular flexibility index (Phi) is 5.53. The number of para-hydroxylation sites is 2. The van der Waals surface area contributed by atoms with Gasteiger partial charge < -0.3 is 14.0 Å². The van der Waals surface area contributed by atoms with Crippen LogP contribution in [-0.2, 0) is 13.6 Å². The van der Waals surface area contributed by atoms with Crippen molar-refractivity contribution in [3.8, 4) is 17.4 Å². The van der Waals surface area contributed by atoms with Crippen LogP contribution >= 0.6 is 0 Å². The monoisotopic (exact) mass is 379 g/mol. The number of imidazole rings is 1. The van der Waals surface area contributed by atoms with Gasteiger partial charge in [-0.15, -0.1) is 0 Å². The van der Waals surface area contributed by atoms with Gasteiger partial charge in [0.05, 0.1) is 31.0 Å². The van der Waals surface area contributed by atoms with Crippen molar-refractivity contribution in [3.05, 3.63) is 60.6 Å². The molecule has 146 valence electrons. The molecule has 0 N–H and O–H groups in total. The van der Waals surface area contributed by atoms with E-state index in [1.165, 1.54) is 5.69 Å². The molecule has 0 amide bonds. The Morgan fingerprint density at radius 3 is 2.75 bits per heavy atom. The minimum Gasteiger partial charge on any atom is -0.493 e. The third-order valence-electron chi connectivity index (χ3n) is 5.14. The van der Waals surface area contributed by atoms with Crippen LogP contribution in [0.1, 0.15) is 30.1 Å². The number of hydrogen-bond acceptors (Lipinski definition) is 6. The van der Waals surface area contributed by atoms with Crippen molar-refractivity contribution in [2.45, 2.75) is 25.3 Å². The molecule has 28 heavy (non-hydrogen) atoms. The van der Waals surface area contributed by atoms with E-state index in [1.54, 1.807) is 13.3 Å². The van der Waals surface area contributed by atoms with Gasteiger partial charge in [-0.05, 0) is 31.5 Å². The SMILES string of the molecule is COc1ccccc1Oc1cncc([C@@H]2CCCN(Cc3cncn3C)C2)n1. The summed E-state index contributed by atoms with van der Waals surface area (Å²) in [5.74, 6) is 2.15. The second-order valence-electron chi connectivity index (χ2n) is 7.11. The van der Waals surface area contributed by atoms with Crippen LogP contribution in [0.25, 0.3) is 0 Å². The number of hydrogen-bond donors (Lipinski definition) is 0. The summed E-state index contributed by atoms with van der Waals surface area (Å²) in [5, 5.41) is 0. The van der Waals surface area contributed by atoms with Crippen LogP contribution in [0.4, 0.5) is 0 Å². The van der Waals surface area contributed by atoms with Crippen molar-refractivity contribution in [2.24, 2.45) is 7.05 Å². The molecule has 1 aromatic carbocycles. The standard InChI is InChI=1S/C21H25N5O2/c1-25-15-23-10-17(25)14-26-9-5-6-16(13-26)18-11-22-12-21(24-18)28-20-8-4-3-7-19(20)27-2/h3-4,7-8,10-12,15-16H,5-6,9,13-14H2,1-2H3/t16-/m1/s1. The molecule has 0 bridgehead atoms. The molecule has 2 aromatic heterocycles. The highest BCUT2D eigenvalue weighted by Crippen LogP contribution is 2.31. The number of likely N-dealkylation sites (tertiary alicyclic amines) is 1. The molecule has 7 heteroatoms. The lowest BCUT2D eigenvalue weighted by Gasteiger charge is -2.32. The van der Waals surface area contributed by atoms with E-state index in [9.17, 15) is 0 Å². The molecule has 1 fully saturated rings. The fourth-order valence-corrected chi connectivity index (χ4v) is 3.63. The van der Waals surface area contributed by atoms with E-state index in [2.05, 4.69) is 19.4 Å². The number of aryl methyl sites for hydroxylation is 1. The van der Waals surface area contributed by atoms with Crippen LogP contribution in [0.15, 0.2) is 49.2 Å². The molecule has 0 aliphatic carbocycles. The first-order valence-corrected chi connectivity index (χ1v) is 9.53. The molecule has 3 aromatic rings. The van der Waals surface area contributed by atoms with Gasteiger partial charge in [-0.1, -0.05) is 12.1 Å². The summed E-state index contributed by atoms with van der Waals surface area (Å²) < 4.78 is 13.4. The Morgan fingerprint density at radius 2 is 1.96 bits per heavy atom. The van der Waals surface area contributed by atoms with Crippen molar-refractivity contribution < 1.29 is 9.47 Å². The van der Waals surface area contributed by atoms with E-state index in [1.807, 2.05) is 50.0 Å². The van der Waals surface area contributed by atoms with Gasteiger partial charge >= 0.3 is 0 Å². The first-order chi connectivity index (χ1) is 13.7. The highest BCUT2D eigenvalue weighted by molar-refractivity contribution is 5.41. The van der Waals surface area contributed by atoms with Crippen LogP contribution in [0.2, 0.25) is 0 Å². The summed E-state index contributed by atoms with van der Waals surface area (Å²) in [6.45, 7) is 2.95. The van der Waals surface area contributed by atoms with E-state index >= 15 is 0 Å². The van der Waals surface area contributed by atoms with Gasteiger partial charge in [-0.3, -0.25) is 9.88 Å². The van der Waals surface area contributed by atoms with E-state index in [4.69, 9.17) is 14.5 Å². The lowest BCUT2D eigenvalue weighted by Crippen LogP contribution is -2.34. The van der Waals surface area contributed by atoms with E-state index in [0.717, 1.165) is 38.2 Å². The van der Waals surface area contributed by atoms with Crippen molar-refractivity contribution in [1.82, 2.24) is 24.4 Å². The highest BCUT2D eigenvalue weighted by Gasteiger charge is 2.24. The normalized spacial score (nSPS) is 17.4. The first kappa shape index (κ1) is 18.4. The predicted octanol–water partition coefficient (Wildman–Crippen LogP) is 3.39. The lowest BCUT2D eigenvalue weighted by molar-refractivity contribution is 0.194. The zero-order valence-corrected chi connectivity index (χ0v) is 16.3. The minimum absolute atomic E-state index is 0.343. The number of benzene rings is 1. The Hall–Kier alpha value is -2.93. The maximum atomic E-state index is 5.94. The fraction of sp³-hybridized carbons (Fsp3) is 0.381. The zero-order valence-electron chi connectivity index (χ0n) is 16.3. The molecule has 1 aliphatic rings. The number of methoxy groups -OCH3 is 1. The van der Waals surface area contributed by atoms with Gasteiger partial charge in [-0.2, -0.15) is 0 Å². The quantitative estimate of drug-likeness (QED) is 0.654. The topological polar surface area (TPSA) is 65.3 Å². The lowest BCUT2D eigenvalue weighted by atomic mass is 9.95. The first-order valence-electron chi connectivity index (χ1n) is 9.53. The molecular weight excluding hydrogens is 354 g/mol. The molecule has 7 nitrogen and oxygen atoms in total. The number of piperidine rings is 1. The summed E-state index contributed by atoms with van der Waals surface area (Å²) in [5.41, 5.74) is 2.20. The molecule has 1 saturated heterocycles. The Bertz CT molecular complexity index is 926. The maximum absolute atomic E-state index is 5.94. The number of nitrogens with zero attached hydrogens (tertiary/aromatic N) is 5. The molecule has 0 radical (unpaired) electrons. The summed E-state index contributed by atoms with van der Waals surface area (Å²) in [7, 11) is 3.66. The average molecular weight is 379 g/mol. The molecule has 1 atom stereocenters. The molecule has 0 spiro atoms. The van der Waals surface area contributed by atoms with E-state index in [-0.39, 0.29) is 0 Å². The molecule has 3 heterocycles. The summed E-state index contributed by atoms with van der Waals surface area (Å²) in [4.78, 5) is 15.8. The fourth-order valence-electron chi connectivity index (χ4n) is 3.63. The van der Waals surface area contributed by atoms with Crippen LogP contribution in [0, 0.1) is 0 Å². The molecule has 0 saturated carbocycles. The van der Waals surface area contributed by atoms with Gasteiger partial charge in [0.2, 0.25) is 5.88 Å². The minimum atomic E-state index is 0.343. The molecular formula is C21H25N5O2. The number of ether oxygens (including phenoxy) is 2. The van der Waals surface area contributed by atoms with Gasteiger partial charge in [0, 0.05) is 38.4 Å². The van der Waals surface area contributed by atoms with Crippen LogP contribution < -0.4 is 9.47 Å². The van der Waals surface area contributed by atoms with Gasteiger partial charge in [-0.25, -0.2) is 9.97 Å². The van der Waals surface area contributed by atoms with Crippen LogP contribution in [0.3, 0.4) is 0 Å². The predicted molar refractivity (Wildman–Crippen MR) is 106 cm³/mol. The van der Waals surface area contributed by atoms with Crippen molar-refractivity contribution in [1.29, 1.82) is 0 Å². The Labute approximate surface area is 165 Å². The second-order valence-corrected chi connectivity index (χ2v) is 7.11. The third-order valence-corrected chi connectivity index (χ3v) is 5.14. The van der Waals surface area contributed by atoms with E-state index < -0.39 is 0 Å². The van der Waals surface area contributed by atoms with E-state index in [0.29, 0.717) is 23.3 Å². The number of rotatable bonds is 6. The van der Waals surface area contributed by atoms with Gasteiger partial charge in [0.25, 0.3) is 0 Å². The summed E-state index contributed by atoms with van der Waals surface area (Å²) in [6.07, 6.45) is 9.53. The van der Waals surface area contributed by atoms with Gasteiger partial charge in [0.15, 0.2) is 11.5 Å². The van der Waals surface area contributed by atoms with Crippen molar-refractivity contribution >= 4 is 0 Å². The van der Waals surface area contributed by atoms with Crippen LogP contribution in [0.5, 0.6) is 17.4 Å². The summed E-state index contributed by atoms with van der Waals surface area (Å²) >= 11 is 0. The third kappa shape index (κ3) is 4.14. The largest absolute Gasteiger partial charge is 0.493 e. The Balaban J connectivity index is 1.47. The molecule has 4 rings (SSSR count). The smallest absolute Gasteiger partial charge is 0.238 e.